The van der Waals surface area contributed by atoms with Crippen molar-refractivity contribution in [3.8, 4) is 0 Å². The van der Waals surface area contributed by atoms with Crippen molar-refractivity contribution in [3.63, 3.8) is 0 Å². The maximum absolute atomic E-state index is 13.7. The third-order valence-electron chi connectivity index (χ3n) is 6.79. The number of benzene rings is 2. The summed E-state index contributed by atoms with van der Waals surface area (Å²) >= 11 is 14.1. The van der Waals surface area contributed by atoms with Gasteiger partial charge in [-0.25, -0.2) is 4.98 Å². The highest BCUT2D eigenvalue weighted by Crippen LogP contribution is 2.43. The Morgan fingerprint density at radius 2 is 1.68 bits per heavy atom. The van der Waals surface area contributed by atoms with Crippen LogP contribution in [0.25, 0.3) is 10.2 Å². The van der Waals surface area contributed by atoms with Gasteiger partial charge in [-0.05, 0) is 49.1 Å². The van der Waals surface area contributed by atoms with Crippen molar-refractivity contribution in [1.29, 1.82) is 0 Å². The summed E-state index contributed by atoms with van der Waals surface area (Å²) in [5, 5.41) is 2.46. The average molecular weight is 474 g/mol. The summed E-state index contributed by atoms with van der Waals surface area (Å²) in [5.41, 5.74) is 2.84. The third-order valence-corrected chi connectivity index (χ3v) is 8.62. The summed E-state index contributed by atoms with van der Waals surface area (Å²) in [6, 6.07) is 11.8. The summed E-state index contributed by atoms with van der Waals surface area (Å²) in [6.07, 6.45) is 4.03. The molecule has 0 atom stereocenters. The predicted molar refractivity (Wildman–Crippen MR) is 130 cm³/mol. The number of nitrogens with zero attached hydrogens (tertiary/aromatic N) is 3. The number of amides is 1. The molecular weight excluding hydrogens is 449 g/mol. The standard InChI is InChI=1S/C24H25Cl2N3OS/c1-16-4-9-19(26)21-20(16)27-23(31-21)29-14-12-28(13-15-29)22(30)24(10-2-3-11-24)17-5-7-18(25)8-6-17/h4-9H,2-3,10-15H2,1H3. The molecule has 5 rings (SSSR count). The first kappa shape index (κ1) is 21.0. The molecule has 0 bridgehead atoms. The van der Waals surface area contributed by atoms with Crippen molar-refractivity contribution < 1.29 is 4.79 Å². The van der Waals surface area contributed by atoms with Gasteiger partial charge in [0.1, 0.15) is 0 Å². The molecule has 0 radical (unpaired) electrons. The van der Waals surface area contributed by atoms with Crippen molar-refractivity contribution in [2.45, 2.75) is 38.0 Å². The predicted octanol–water partition coefficient (Wildman–Crippen LogP) is 6.07. The van der Waals surface area contributed by atoms with Crippen LogP contribution in [0.1, 0.15) is 36.8 Å². The molecule has 2 aliphatic rings. The van der Waals surface area contributed by atoms with Gasteiger partial charge in [-0.2, -0.15) is 0 Å². The summed E-state index contributed by atoms with van der Waals surface area (Å²) in [7, 11) is 0. The smallest absolute Gasteiger partial charge is 0.233 e. The van der Waals surface area contributed by atoms with E-state index in [0.717, 1.165) is 83.4 Å². The Balaban J connectivity index is 1.34. The average Bonchev–Trinajstić information content (AvgIpc) is 3.46. The topological polar surface area (TPSA) is 36.4 Å². The molecule has 2 fully saturated rings. The molecule has 2 aromatic carbocycles. The van der Waals surface area contributed by atoms with Gasteiger partial charge in [0.15, 0.2) is 5.13 Å². The Hall–Kier alpha value is -1.82. The molecule has 4 nitrogen and oxygen atoms in total. The number of rotatable bonds is 3. The number of hydrogen-bond acceptors (Lipinski definition) is 4. The molecule has 0 spiro atoms. The summed E-state index contributed by atoms with van der Waals surface area (Å²) < 4.78 is 1.04. The second-order valence-corrected chi connectivity index (χ2v) is 10.4. The van der Waals surface area contributed by atoms with Gasteiger partial charge in [-0.3, -0.25) is 4.79 Å². The zero-order valence-corrected chi connectivity index (χ0v) is 19.9. The highest BCUT2D eigenvalue weighted by atomic mass is 35.5. The number of hydrogen-bond donors (Lipinski definition) is 0. The molecule has 1 aliphatic carbocycles. The monoisotopic (exact) mass is 473 g/mol. The lowest BCUT2D eigenvalue weighted by atomic mass is 9.77. The van der Waals surface area contributed by atoms with E-state index in [2.05, 4.69) is 16.7 Å². The normalized spacial score (nSPS) is 18.7. The Morgan fingerprint density at radius 3 is 2.32 bits per heavy atom. The Bertz CT molecular complexity index is 1070. The molecular formula is C24H25Cl2N3OS. The molecule has 3 aromatic rings. The lowest BCUT2D eigenvalue weighted by molar-refractivity contribution is -0.137. The molecule has 1 aromatic heterocycles. The lowest BCUT2D eigenvalue weighted by Crippen LogP contribution is -2.54. The summed E-state index contributed by atoms with van der Waals surface area (Å²) in [5.74, 6) is 0.273. The van der Waals surface area contributed by atoms with Gasteiger partial charge in [-0.1, -0.05) is 65.6 Å². The van der Waals surface area contributed by atoms with Crippen LogP contribution in [0.15, 0.2) is 36.4 Å². The van der Waals surface area contributed by atoms with Crippen LogP contribution < -0.4 is 4.90 Å². The fourth-order valence-electron chi connectivity index (χ4n) is 5.00. The highest BCUT2D eigenvalue weighted by molar-refractivity contribution is 7.22. The van der Waals surface area contributed by atoms with E-state index in [1.54, 1.807) is 11.3 Å². The van der Waals surface area contributed by atoms with E-state index >= 15 is 0 Å². The zero-order valence-electron chi connectivity index (χ0n) is 17.5. The van der Waals surface area contributed by atoms with E-state index in [-0.39, 0.29) is 5.91 Å². The van der Waals surface area contributed by atoms with Crippen molar-refractivity contribution in [2.24, 2.45) is 0 Å². The molecule has 7 heteroatoms. The van der Waals surface area contributed by atoms with Crippen molar-refractivity contribution in [2.75, 3.05) is 31.1 Å². The third kappa shape index (κ3) is 3.71. The van der Waals surface area contributed by atoms with Gasteiger partial charge in [-0.15, -0.1) is 0 Å². The number of piperazine rings is 1. The van der Waals surface area contributed by atoms with E-state index in [9.17, 15) is 4.79 Å². The van der Waals surface area contributed by atoms with Crippen molar-refractivity contribution >= 4 is 55.8 Å². The van der Waals surface area contributed by atoms with Gasteiger partial charge in [0.2, 0.25) is 5.91 Å². The van der Waals surface area contributed by atoms with Gasteiger partial charge in [0.05, 0.1) is 20.7 Å². The van der Waals surface area contributed by atoms with Crippen molar-refractivity contribution in [3.05, 3.63) is 57.6 Å². The molecule has 31 heavy (non-hydrogen) atoms. The number of thiazole rings is 1. The van der Waals surface area contributed by atoms with Gasteiger partial charge in [0, 0.05) is 31.2 Å². The van der Waals surface area contributed by atoms with Crippen LogP contribution in [0.2, 0.25) is 10.0 Å². The van der Waals surface area contributed by atoms with Crippen LogP contribution in [-0.4, -0.2) is 42.0 Å². The minimum absolute atomic E-state index is 0.273. The minimum Gasteiger partial charge on any atom is -0.345 e. The van der Waals surface area contributed by atoms with Gasteiger partial charge in [0.25, 0.3) is 0 Å². The van der Waals surface area contributed by atoms with Crippen LogP contribution in [0.4, 0.5) is 5.13 Å². The van der Waals surface area contributed by atoms with Crippen LogP contribution in [-0.2, 0) is 10.2 Å². The second kappa shape index (κ2) is 8.27. The molecule has 0 N–H and O–H groups in total. The zero-order chi connectivity index (χ0) is 21.6. The lowest BCUT2D eigenvalue weighted by Gasteiger charge is -2.40. The van der Waals surface area contributed by atoms with Crippen LogP contribution in [0.3, 0.4) is 0 Å². The number of carbonyl (C=O) groups is 1. The van der Waals surface area contributed by atoms with E-state index < -0.39 is 5.41 Å². The summed E-state index contributed by atoms with van der Waals surface area (Å²) in [4.78, 5) is 22.9. The molecule has 1 amide bonds. The van der Waals surface area contributed by atoms with Crippen LogP contribution in [0.5, 0.6) is 0 Å². The number of fused-ring (bicyclic) bond motifs is 1. The van der Waals surface area contributed by atoms with Crippen molar-refractivity contribution in [1.82, 2.24) is 9.88 Å². The summed E-state index contributed by atoms with van der Waals surface area (Å²) in [6.45, 7) is 5.09. The Morgan fingerprint density at radius 1 is 1.00 bits per heavy atom. The molecule has 1 saturated carbocycles. The highest BCUT2D eigenvalue weighted by Gasteiger charge is 2.45. The van der Waals surface area contributed by atoms with Crippen LogP contribution in [0, 0.1) is 6.92 Å². The van der Waals surface area contributed by atoms with E-state index in [4.69, 9.17) is 28.2 Å². The molecule has 1 aliphatic heterocycles. The van der Waals surface area contributed by atoms with E-state index in [0.29, 0.717) is 5.02 Å². The van der Waals surface area contributed by atoms with Gasteiger partial charge >= 0.3 is 0 Å². The fourth-order valence-corrected chi connectivity index (χ4v) is 6.50. The number of aromatic nitrogens is 1. The maximum atomic E-state index is 13.7. The fraction of sp³-hybridized carbons (Fsp3) is 0.417. The van der Waals surface area contributed by atoms with E-state index in [1.165, 1.54) is 0 Å². The van der Waals surface area contributed by atoms with Crippen LogP contribution >= 0.6 is 34.5 Å². The first-order chi connectivity index (χ1) is 15.0. The minimum atomic E-state index is -0.396. The second-order valence-electron chi connectivity index (χ2n) is 8.61. The number of aryl methyl sites for hydroxylation is 1. The number of halogens is 2. The molecule has 162 valence electrons. The Kier molecular flexibility index (Phi) is 5.61. The first-order valence-corrected chi connectivity index (χ1v) is 12.4. The SMILES string of the molecule is Cc1ccc(Cl)c2sc(N3CCN(C(=O)C4(c5ccc(Cl)cc5)CCCC4)CC3)nc12. The molecule has 0 unspecified atom stereocenters. The Labute approximate surface area is 196 Å². The first-order valence-electron chi connectivity index (χ1n) is 10.8. The quantitative estimate of drug-likeness (QED) is 0.462. The number of anilines is 1. The largest absolute Gasteiger partial charge is 0.345 e. The van der Waals surface area contributed by atoms with Gasteiger partial charge < -0.3 is 9.80 Å². The molecule has 1 saturated heterocycles. The molecule has 2 heterocycles. The van der Waals surface area contributed by atoms with E-state index in [1.807, 2.05) is 36.4 Å². The maximum Gasteiger partial charge on any atom is 0.233 e. The number of carbonyl (C=O) groups excluding carboxylic acids is 1.